The van der Waals surface area contributed by atoms with Crippen LogP contribution in [-0.4, -0.2) is 32.2 Å². The molecule has 1 heterocycles. The van der Waals surface area contributed by atoms with Gasteiger partial charge in [0, 0.05) is 53.4 Å². The normalized spacial score (nSPS) is 15.0. The van der Waals surface area contributed by atoms with Gasteiger partial charge in [0.25, 0.3) is 0 Å². The van der Waals surface area contributed by atoms with Gasteiger partial charge >= 0.3 is 0 Å². The minimum atomic E-state index is -0.747. The number of aromatic nitrogens is 2. The molecule has 0 amide bonds. The molecule has 1 aromatic rings. The molecule has 1 rings (SSSR count). The lowest BCUT2D eigenvalue weighted by molar-refractivity contribution is 0.585. The summed E-state index contributed by atoms with van der Waals surface area (Å²) in [7, 11) is -0.747. The van der Waals surface area contributed by atoms with Gasteiger partial charge < -0.3 is 5.32 Å². The van der Waals surface area contributed by atoms with E-state index in [4.69, 9.17) is 0 Å². The Morgan fingerprint density at radius 1 is 1.50 bits per heavy atom. The highest BCUT2D eigenvalue weighted by Gasteiger charge is 2.03. The van der Waals surface area contributed by atoms with Gasteiger partial charge in [0.15, 0.2) is 0 Å². The van der Waals surface area contributed by atoms with Gasteiger partial charge in [0.2, 0.25) is 0 Å². The predicted molar refractivity (Wildman–Crippen MR) is 57.3 cm³/mol. The molecule has 1 N–H and O–H groups in total. The second-order valence-electron chi connectivity index (χ2n) is 3.27. The van der Waals surface area contributed by atoms with Crippen molar-refractivity contribution in [2.45, 2.75) is 19.5 Å². The Hall–Kier alpha value is -0.810. The van der Waals surface area contributed by atoms with Crippen LogP contribution in [0.4, 0.5) is 0 Å². The maximum atomic E-state index is 10.9. The van der Waals surface area contributed by atoms with Gasteiger partial charge in [-0.05, 0) is 6.92 Å². The molecule has 2 unspecified atom stereocenters. The zero-order valence-electron chi connectivity index (χ0n) is 8.43. The molecule has 0 saturated heterocycles. The van der Waals surface area contributed by atoms with E-state index in [1.165, 1.54) is 6.33 Å². The van der Waals surface area contributed by atoms with Crippen LogP contribution in [0.25, 0.3) is 0 Å². The van der Waals surface area contributed by atoms with Crippen molar-refractivity contribution in [3.8, 4) is 0 Å². The summed E-state index contributed by atoms with van der Waals surface area (Å²) in [6, 6.07) is 0.251. The molecular formula is C9H15N3OS. The van der Waals surface area contributed by atoms with E-state index in [0.717, 1.165) is 12.1 Å². The smallest absolute Gasteiger partial charge is 0.115 e. The SMILES string of the molecule is CC(CS(C)=O)NCc1cncnc1. The van der Waals surface area contributed by atoms with Gasteiger partial charge in [-0.3, -0.25) is 4.21 Å². The standard InChI is InChI=1S/C9H15N3OS/c1-8(6-14(2)13)12-5-9-3-10-7-11-4-9/h3-4,7-8,12H,5-6H2,1-2H3. The first-order valence-corrected chi connectivity index (χ1v) is 6.18. The van der Waals surface area contributed by atoms with Crippen LogP contribution in [0.15, 0.2) is 18.7 Å². The number of hydrogen-bond acceptors (Lipinski definition) is 4. The average molecular weight is 213 g/mol. The minimum Gasteiger partial charge on any atom is -0.309 e. The lowest BCUT2D eigenvalue weighted by Gasteiger charge is -2.11. The Bertz CT molecular complexity index is 291. The molecule has 5 heteroatoms. The lowest BCUT2D eigenvalue weighted by atomic mass is 10.3. The van der Waals surface area contributed by atoms with Crippen LogP contribution in [-0.2, 0) is 17.3 Å². The van der Waals surface area contributed by atoms with Crippen molar-refractivity contribution in [3.05, 3.63) is 24.3 Å². The third-order valence-electron chi connectivity index (χ3n) is 1.75. The van der Waals surface area contributed by atoms with Crippen molar-refractivity contribution in [1.29, 1.82) is 0 Å². The molecule has 0 aliphatic rings. The minimum absolute atomic E-state index is 0.251. The fraction of sp³-hybridized carbons (Fsp3) is 0.556. The van der Waals surface area contributed by atoms with Crippen molar-refractivity contribution in [2.75, 3.05) is 12.0 Å². The number of rotatable bonds is 5. The van der Waals surface area contributed by atoms with E-state index in [0.29, 0.717) is 5.75 Å². The summed E-state index contributed by atoms with van der Waals surface area (Å²) in [6.07, 6.45) is 6.77. The highest BCUT2D eigenvalue weighted by molar-refractivity contribution is 7.84. The topological polar surface area (TPSA) is 54.9 Å². The van der Waals surface area contributed by atoms with Crippen LogP contribution in [0, 0.1) is 0 Å². The summed E-state index contributed by atoms with van der Waals surface area (Å²) >= 11 is 0. The second kappa shape index (κ2) is 5.82. The van der Waals surface area contributed by atoms with Gasteiger partial charge in [-0.1, -0.05) is 0 Å². The maximum absolute atomic E-state index is 10.9. The first-order valence-electron chi connectivity index (χ1n) is 4.46. The third kappa shape index (κ3) is 4.43. The summed E-state index contributed by atoms with van der Waals surface area (Å²) in [5, 5.41) is 3.26. The van der Waals surface area contributed by atoms with Crippen molar-refractivity contribution in [1.82, 2.24) is 15.3 Å². The number of nitrogens with one attached hydrogen (secondary N) is 1. The molecular weight excluding hydrogens is 198 g/mol. The average Bonchev–Trinajstić information content (AvgIpc) is 2.15. The quantitative estimate of drug-likeness (QED) is 0.766. The Morgan fingerprint density at radius 3 is 2.71 bits per heavy atom. The molecule has 78 valence electrons. The van der Waals surface area contributed by atoms with Crippen molar-refractivity contribution in [3.63, 3.8) is 0 Å². The molecule has 0 aromatic carbocycles. The fourth-order valence-electron chi connectivity index (χ4n) is 1.12. The monoisotopic (exact) mass is 213 g/mol. The van der Waals surface area contributed by atoms with Crippen LogP contribution < -0.4 is 5.32 Å². The zero-order chi connectivity index (χ0) is 10.4. The highest BCUT2D eigenvalue weighted by atomic mass is 32.2. The van der Waals surface area contributed by atoms with Gasteiger partial charge in [-0.25, -0.2) is 9.97 Å². The summed E-state index contributed by atoms with van der Waals surface area (Å²) in [5.41, 5.74) is 1.04. The van der Waals surface area contributed by atoms with Crippen LogP contribution in [0.1, 0.15) is 12.5 Å². The number of nitrogens with zero attached hydrogens (tertiary/aromatic N) is 2. The molecule has 1 aromatic heterocycles. The summed E-state index contributed by atoms with van der Waals surface area (Å²) in [4.78, 5) is 7.82. The Balaban J connectivity index is 2.30. The molecule has 0 spiro atoms. The lowest BCUT2D eigenvalue weighted by Crippen LogP contribution is -2.30. The zero-order valence-corrected chi connectivity index (χ0v) is 9.25. The Kier molecular flexibility index (Phi) is 4.69. The van der Waals surface area contributed by atoms with Crippen LogP contribution >= 0.6 is 0 Å². The van der Waals surface area contributed by atoms with E-state index in [9.17, 15) is 4.21 Å². The molecule has 0 aliphatic heterocycles. The largest absolute Gasteiger partial charge is 0.309 e. The van der Waals surface area contributed by atoms with Gasteiger partial charge in [-0.15, -0.1) is 0 Å². The van der Waals surface area contributed by atoms with E-state index >= 15 is 0 Å². The van der Waals surface area contributed by atoms with Crippen molar-refractivity contribution < 1.29 is 4.21 Å². The predicted octanol–water partition coefficient (Wildman–Crippen LogP) is 0.333. The molecule has 2 atom stereocenters. The molecule has 0 fully saturated rings. The Labute approximate surface area is 86.6 Å². The highest BCUT2D eigenvalue weighted by Crippen LogP contribution is 1.94. The van der Waals surface area contributed by atoms with Crippen molar-refractivity contribution in [2.24, 2.45) is 0 Å². The van der Waals surface area contributed by atoms with E-state index in [-0.39, 0.29) is 6.04 Å². The third-order valence-corrected chi connectivity index (χ3v) is 2.72. The second-order valence-corrected chi connectivity index (χ2v) is 4.75. The van der Waals surface area contributed by atoms with Gasteiger partial charge in [0.05, 0.1) is 0 Å². The molecule has 0 radical (unpaired) electrons. The van der Waals surface area contributed by atoms with Gasteiger partial charge in [0.1, 0.15) is 6.33 Å². The first-order chi connectivity index (χ1) is 6.68. The number of hydrogen-bond donors (Lipinski definition) is 1. The van der Waals surface area contributed by atoms with E-state index in [1.54, 1.807) is 18.6 Å². The van der Waals surface area contributed by atoms with Crippen LogP contribution in [0.2, 0.25) is 0 Å². The summed E-state index contributed by atoms with van der Waals surface area (Å²) in [5.74, 6) is 0.674. The molecule has 0 aliphatic carbocycles. The van der Waals surface area contributed by atoms with Crippen LogP contribution in [0.5, 0.6) is 0 Å². The summed E-state index contributed by atoms with van der Waals surface area (Å²) in [6.45, 7) is 2.74. The van der Waals surface area contributed by atoms with Gasteiger partial charge in [-0.2, -0.15) is 0 Å². The van der Waals surface area contributed by atoms with E-state index < -0.39 is 10.8 Å². The molecule has 4 nitrogen and oxygen atoms in total. The van der Waals surface area contributed by atoms with Crippen LogP contribution in [0.3, 0.4) is 0 Å². The van der Waals surface area contributed by atoms with E-state index in [1.807, 2.05) is 6.92 Å². The Morgan fingerprint density at radius 2 is 2.14 bits per heavy atom. The maximum Gasteiger partial charge on any atom is 0.115 e. The fourth-order valence-corrected chi connectivity index (χ4v) is 1.95. The van der Waals surface area contributed by atoms with Crippen molar-refractivity contribution >= 4 is 10.8 Å². The molecule has 0 saturated carbocycles. The molecule has 14 heavy (non-hydrogen) atoms. The summed E-state index contributed by atoms with van der Waals surface area (Å²) < 4.78 is 10.9. The van der Waals surface area contributed by atoms with E-state index in [2.05, 4.69) is 15.3 Å². The molecule has 0 bridgehead atoms. The first kappa shape index (κ1) is 11.3.